The number of nitrogens with one attached hydrogen (secondary N) is 4. The van der Waals surface area contributed by atoms with Crippen LogP contribution < -0.4 is 21.5 Å². The summed E-state index contributed by atoms with van der Waals surface area (Å²) in [5, 5.41) is 5.04. The molecular weight excluding hydrogens is 484 g/mol. The van der Waals surface area contributed by atoms with Crippen molar-refractivity contribution in [1.82, 2.24) is 16.2 Å². The zero-order valence-electron chi connectivity index (χ0n) is 16.2. The molecule has 2 aromatic carbocycles. The zero-order chi connectivity index (χ0) is 22.4. The number of benzene rings is 2. The number of hydrazine groups is 1. The third kappa shape index (κ3) is 6.24. The summed E-state index contributed by atoms with van der Waals surface area (Å²) in [5.74, 6) is -1.22. The van der Waals surface area contributed by atoms with Gasteiger partial charge >= 0.3 is 0 Å². The number of carbonyl (C=O) groups excluding carboxylic acids is 3. The van der Waals surface area contributed by atoms with Crippen molar-refractivity contribution in [2.75, 3.05) is 5.32 Å². The Morgan fingerprint density at radius 1 is 0.871 bits per heavy atom. The van der Waals surface area contributed by atoms with Crippen molar-refractivity contribution < 1.29 is 18.8 Å². The number of aryl methyl sites for hydroxylation is 1. The van der Waals surface area contributed by atoms with E-state index in [4.69, 9.17) is 16.6 Å². The molecule has 1 heterocycles. The fourth-order valence-corrected chi connectivity index (χ4v) is 2.96. The van der Waals surface area contributed by atoms with Crippen LogP contribution in [0.15, 0.2) is 69.8 Å². The van der Waals surface area contributed by atoms with Gasteiger partial charge in [0.2, 0.25) is 0 Å². The number of halogens is 1. The van der Waals surface area contributed by atoms with Crippen molar-refractivity contribution in [2.45, 2.75) is 6.92 Å². The number of amides is 3. The lowest BCUT2D eigenvalue weighted by Crippen LogP contribution is -2.48. The van der Waals surface area contributed by atoms with Crippen LogP contribution in [0, 0.1) is 6.92 Å². The van der Waals surface area contributed by atoms with Crippen LogP contribution in [0.4, 0.5) is 5.69 Å². The van der Waals surface area contributed by atoms with E-state index in [0.717, 1.165) is 5.56 Å². The molecule has 0 fully saturated rings. The minimum absolute atomic E-state index is 0.0608. The molecule has 0 radical (unpaired) electrons. The Labute approximate surface area is 191 Å². The molecule has 0 spiro atoms. The van der Waals surface area contributed by atoms with Gasteiger partial charge in [0.05, 0.1) is 0 Å². The predicted octanol–water partition coefficient (Wildman–Crippen LogP) is 3.55. The Bertz CT molecular complexity index is 1140. The lowest BCUT2D eigenvalue weighted by atomic mass is 10.1. The molecule has 0 atom stereocenters. The van der Waals surface area contributed by atoms with Crippen molar-refractivity contribution in [1.29, 1.82) is 0 Å². The molecule has 0 saturated carbocycles. The Hall–Kier alpha value is -3.50. The SMILES string of the molecule is Cc1cccc(C(=O)Nc2ccc(C(=O)NNC(=S)NC(=O)c3ccc(Br)o3)cc2)c1. The third-order valence-corrected chi connectivity index (χ3v) is 4.63. The number of rotatable bonds is 4. The first-order chi connectivity index (χ1) is 14.8. The molecule has 0 saturated heterocycles. The largest absolute Gasteiger partial charge is 0.444 e. The molecule has 0 aliphatic rings. The summed E-state index contributed by atoms with van der Waals surface area (Å²) in [7, 11) is 0. The van der Waals surface area contributed by atoms with E-state index in [1.807, 2.05) is 19.1 Å². The van der Waals surface area contributed by atoms with Crippen molar-refractivity contribution >= 4 is 56.7 Å². The highest BCUT2D eigenvalue weighted by Gasteiger charge is 2.13. The smallest absolute Gasteiger partial charge is 0.293 e. The fourth-order valence-electron chi connectivity index (χ4n) is 2.51. The van der Waals surface area contributed by atoms with Gasteiger partial charge in [-0.3, -0.25) is 30.6 Å². The topological polar surface area (TPSA) is 112 Å². The lowest BCUT2D eigenvalue weighted by molar-refractivity contribution is 0.0926. The van der Waals surface area contributed by atoms with Gasteiger partial charge < -0.3 is 9.73 Å². The molecule has 4 N–H and O–H groups in total. The molecule has 8 nitrogen and oxygen atoms in total. The number of thiocarbonyl (C=S) groups is 1. The summed E-state index contributed by atoms with van der Waals surface area (Å²) in [4.78, 5) is 36.5. The van der Waals surface area contributed by atoms with E-state index < -0.39 is 11.8 Å². The normalized spacial score (nSPS) is 10.1. The maximum atomic E-state index is 12.3. The second-order valence-corrected chi connectivity index (χ2v) is 7.56. The van der Waals surface area contributed by atoms with Crippen molar-refractivity contribution in [3.8, 4) is 0 Å². The predicted molar refractivity (Wildman–Crippen MR) is 123 cm³/mol. The van der Waals surface area contributed by atoms with Crippen LogP contribution in [-0.2, 0) is 0 Å². The van der Waals surface area contributed by atoms with E-state index in [0.29, 0.717) is 21.5 Å². The Balaban J connectivity index is 1.50. The van der Waals surface area contributed by atoms with E-state index in [9.17, 15) is 14.4 Å². The molecule has 158 valence electrons. The minimum atomic E-state index is -0.564. The van der Waals surface area contributed by atoms with Gasteiger partial charge in [-0.15, -0.1) is 0 Å². The van der Waals surface area contributed by atoms with Gasteiger partial charge in [0, 0.05) is 16.8 Å². The monoisotopic (exact) mass is 500 g/mol. The van der Waals surface area contributed by atoms with Crippen molar-refractivity contribution in [2.24, 2.45) is 0 Å². The zero-order valence-corrected chi connectivity index (χ0v) is 18.6. The van der Waals surface area contributed by atoms with Gasteiger partial charge in [-0.2, -0.15) is 0 Å². The molecule has 0 bridgehead atoms. The molecule has 10 heteroatoms. The maximum absolute atomic E-state index is 12.3. The molecule has 3 aromatic rings. The highest BCUT2D eigenvalue weighted by atomic mass is 79.9. The van der Waals surface area contributed by atoms with E-state index >= 15 is 0 Å². The van der Waals surface area contributed by atoms with Gasteiger partial charge in [-0.25, -0.2) is 0 Å². The van der Waals surface area contributed by atoms with E-state index in [2.05, 4.69) is 37.4 Å². The van der Waals surface area contributed by atoms with Gasteiger partial charge in [0.1, 0.15) is 0 Å². The van der Waals surface area contributed by atoms with Gasteiger partial charge in [0.15, 0.2) is 15.5 Å². The van der Waals surface area contributed by atoms with Crippen LogP contribution in [0.25, 0.3) is 0 Å². The average Bonchev–Trinajstić information content (AvgIpc) is 3.19. The van der Waals surface area contributed by atoms with Gasteiger partial charge in [0.25, 0.3) is 17.7 Å². The third-order valence-electron chi connectivity index (χ3n) is 4.00. The number of carbonyl (C=O) groups is 3. The van der Waals surface area contributed by atoms with Crippen LogP contribution >= 0.6 is 28.1 Å². The molecular formula is C21H17BrN4O4S. The summed E-state index contributed by atoms with van der Waals surface area (Å²) >= 11 is 8.07. The number of anilines is 1. The molecule has 0 unspecified atom stereocenters. The first-order valence-electron chi connectivity index (χ1n) is 8.97. The van der Waals surface area contributed by atoms with Crippen LogP contribution in [-0.4, -0.2) is 22.8 Å². The molecule has 3 rings (SSSR count). The molecule has 1 aromatic heterocycles. The van der Waals surface area contributed by atoms with Crippen LogP contribution in [0.5, 0.6) is 0 Å². The Kier molecular flexibility index (Phi) is 7.16. The van der Waals surface area contributed by atoms with Crippen LogP contribution in [0.1, 0.15) is 36.8 Å². The number of hydrogen-bond donors (Lipinski definition) is 4. The summed E-state index contributed by atoms with van der Waals surface area (Å²) in [6.07, 6.45) is 0. The van der Waals surface area contributed by atoms with Gasteiger partial charge in [-0.05, 0) is 83.6 Å². The van der Waals surface area contributed by atoms with Crippen molar-refractivity contribution in [3.05, 3.63) is 87.8 Å². The summed E-state index contributed by atoms with van der Waals surface area (Å²) in [5.41, 5.74) is 7.22. The summed E-state index contributed by atoms with van der Waals surface area (Å²) in [6.45, 7) is 1.91. The molecule has 3 amide bonds. The maximum Gasteiger partial charge on any atom is 0.293 e. The molecule has 31 heavy (non-hydrogen) atoms. The number of hydrogen-bond acceptors (Lipinski definition) is 5. The minimum Gasteiger partial charge on any atom is -0.444 e. The standard InChI is InChI=1S/C21H17BrN4O4S/c1-12-3-2-4-14(11-12)18(27)23-15-7-5-13(6-8-15)19(28)25-26-21(31)24-20(29)16-9-10-17(22)30-16/h2-11H,1H3,(H,23,27)(H,25,28)(H2,24,26,29,31). The Morgan fingerprint density at radius 3 is 2.26 bits per heavy atom. The molecule has 0 aliphatic carbocycles. The summed E-state index contributed by atoms with van der Waals surface area (Å²) < 4.78 is 5.52. The quantitative estimate of drug-likeness (QED) is 0.322. The Morgan fingerprint density at radius 2 is 1.61 bits per heavy atom. The van der Waals surface area contributed by atoms with Gasteiger partial charge in [-0.1, -0.05) is 17.7 Å². The summed E-state index contributed by atoms with van der Waals surface area (Å²) in [6, 6.07) is 16.6. The van der Waals surface area contributed by atoms with Crippen molar-refractivity contribution in [3.63, 3.8) is 0 Å². The number of furan rings is 1. The lowest BCUT2D eigenvalue weighted by Gasteiger charge is -2.11. The van der Waals surface area contributed by atoms with Crippen LogP contribution in [0.3, 0.4) is 0 Å². The van der Waals surface area contributed by atoms with E-state index in [1.54, 1.807) is 42.5 Å². The second-order valence-electron chi connectivity index (χ2n) is 6.37. The average molecular weight is 501 g/mol. The highest BCUT2D eigenvalue weighted by Crippen LogP contribution is 2.14. The first kappa shape index (κ1) is 22.2. The van der Waals surface area contributed by atoms with Crippen LogP contribution in [0.2, 0.25) is 0 Å². The molecule has 0 aliphatic heterocycles. The first-order valence-corrected chi connectivity index (χ1v) is 10.2. The van der Waals surface area contributed by atoms with E-state index in [1.165, 1.54) is 6.07 Å². The second kappa shape index (κ2) is 10.0. The van der Waals surface area contributed by atoms with E-state index in [-0.39, 0.29) is 16.8 Å². The fraction of sp³-hybridized carbons (Fsp3) is 0.0476. The highest BCUT2D eigenvalue weighted by molar-refractivity contribution is 9.10.